The second-order valence-electron chi connectivity index (χ2n) is 4.73. The fraction of sp³-hybridized carbons (Fsp3) is 0.500. The minimum atomic E-state index is -0.0899. The topological polar surface area (TPSA) is 38.3 Å². The summed E-state index contributed by atoms with van der Waals surface area (Å²) in [6.45, 7) is 8.21. The Bertz CT molecular complexity index is 355. The molecule has 0 heterocycles. The van der Waals surface area contributed by atoms with Crippen LogP contribution in [0.15, 0.2) is 24.3 Å². The van der Waals surface area contributed by atoms with Crippen LogP contribution in [0.25, 0.3) is 0 Å². The molecule has 0 aliphatic carbocycles. The lowest BCUT2D eigenvalue weighted by Crippen LogP contribution is -2.34. The van der Waals surface area contributed by atoms with Gasteiger partial charge in [-0.25, -0.2) is 0 Å². The van der Waals surface area contributed by atoms with Crippen molar-refractivity contribution in [3.8, 4) is 5.75 Å². The highest BCUT2D eigenvalue weighted by atomic mass is 16.5. The van der Waals surface area contributed by atoms with Crippen LogP contribution in [-0.2, 0) is 4.79 Å². The van der Waals surface area contributed by atoms with E-state index in [2.05, 4.69) is 19.2 Å². The van der Waals surface area contributed by atoms with Gasteiger partial charge in [0.15, 0.2) is 6.61 Å². The molecule has 0 aliphatic heterocycles. The van der Waals surface area contributed by atoms with Gasteiger partial charge in [-0.2, -0.15) is 0 Å². The zero-order valence-electron chi connectivity index (χ0n) is 11.0. The summed E-state index contributed by atoms with van der Waals surface area (Å²) in [5.74, 6) is 1.15. The first kappa shape index (κ1) is 13.6. The highest BCUT2D eigenvalue weighted by Gasteiger charge is 2.04. The van der Waals surface area contributed by atoms with E-state index in [1.807, 2.05) is 38.1 Å². The first-order valence-corrected chi connectivity index (χ1v) is 6.01. The summed E-state index contributed by atoms with van der Waals surface area (Å²) in [6.07, 6.45) is 0. The molecule has 0 unspecified atom stereocenters. The Morgan fingerprint density at radius 1 is 1.18 bits per heavy atom. The van der Waals surface area contributed by atoms with Crippen LogP contribution in [0.5, 0.6) is 5.75 Å². The summed E-state index contributed by atoms with van der Waals surface area (Å²) in [7, 11) is 0. The number of benzene rings is 1. The van der Waals surface area contributed by atoms with E-state index in [1.165, 1.54) is 5.56 Å². The molecule has 0 bridgehead atoms. The van der Waals surface area contributed by atoms with Crippen molar-refractivity contribution in [2.45, 2.75) is 39.7 Å². The van der Waals surface area contributed by atoms with E-state index in [0.717, 1.165) is 5.75 Å². The van der Waals surface area contributed by atoms with E-state index < -0.39 is 0 Å². The van der Waals surface area contributed by atoms with Crippen LogP contribution in [-0.4, -0.2) is 18.6 Å². The summed E-state index contributed by atoms with van der Waals surface area (Å²) >= 11 is 0. The van der Waals surface area contributed by atoms with Gasteiger partial charge in [0.2, 0.25) is 0 Å². The van der Waals surface area contributed by atoms with Crippen LogP contribution in [0, 0.1) is 0 Å². The lowest BCUT2D eigenvalue weighted by molar-refractivity contribution is -0.123. The first-order valence-electron chi connectivity index (χ1n) is 6.01. The summed E-state index contributed by atoms with van der Waals surface area (Å²) in [4.78, 5) is 11.4. The van der Waals surface area contributed by atoms with Crippen LogP contribution < -0.4 is 10.1 Å². The van der Waals surface area contributed by atoms with Crippen molar-refractivity contribution in [2.75, 3.05) is 6.61 Å². The quantitative estimate of drug-likeness (QED) is 0.852. The molecule has 3 heteroatoms. The van der Waals surface area contributed by atoms with Gasteiger partial charge in [0, 0.05) is 6.04 Å². The van der Waals surface area contributed by atoms with E-state index in [9.17, 15) is 4.79 Å². The fourth-order valence-corrected chi connectivity index (χ4v) is 1.46. The molecule has 0 aromatic heterocycles. The minimum absolute atomic E-state index is 0.0687. The Labute approximate surface area is 103 Å². The number of amides is 1. The molecule has 0 aliphatic rings. The Morgan fingerprint density at radius 3 is 2.24 bits per heavy atom. The van der Waals surface area contributed by atoms with E-state index in [0.29, 0.717) is 5.92 Å². The summed E-state index contributed by atoms with van der Waals surface area (Å²) in [5, 5.41) is 2.78. The Kier molecular flexibility index (Phi) is 5.01. The van der Waals surface area contributed by atoms with Crippen LogP contribution in [0.3, 0.4) is 0 Å². The van der Waals surface area contributed by atoms with Gasteiger partial charge in [-0.05, 0) is 37.5 Å². The molecule has 1 N–H and O–H groups in total. The number of ether oxygens (including phenoxy) is 1. The molecule has 0 spiro atoms. The van der Waals surface area contributed by atoms with Gasteiger partial charge in [-0.15, -0.1) is 0 Å². The van der Waals surface area contributed by atoms with Crippen LogP contribution >= 0.6 is 0 Å². The lowest BCUT2D eigenvalue weighted by atomic mass is 10.0. The van der Waals surface area contributed by atoms with Crippen LogP contribution in [0.4, 0.5) is 0 Å². The molecule has 0 fully saturated rings. The zero-order valence-corrected chi connectivity index (χ0v) is 11.0. The highest BCUT2D eigenvalue weighted by molar-refractivity contribution is 5.77. The van der Waals surface area contributed by atoms with E-state index >= 15 is 0 Å². The Morgan fingerprint density at radius 2 is 1.76 bits per heavy atom. The highest BCUT2D eigenvalue weighted by Crippen LogP contribution is 2.18. The molecule has 3 nitrogen and oxygen atoms in total. The Balaban J connectivity index is 2.44. The second kappa shape index (κ2) is 6.28. The fourth-order valence-electron chi connectivity index (χ4n) is 1.46. The van der Waals surface area contributed by atoms with Gasteiger partial charge in [-0.1, -0.05) is 26.0 Å². The maximum absolute atomic E-state index is 11.4. The smallest absolute Gasteiger partial charge is 0.258 e. The number of hydrogen-bond donors (Lipinski definition) is 1. The van der Waals surface area contributed by atoms with Crippen LogP contribution in [0.2, 0.25) is 0 Å². The molecule has 0 atom stereocenters. The van der Waals surface area contributed by atoms with Gasteiger partial charge in [-0.3, -0.25) is 4.79 Å². The average molecular weight is 235 g/mol. The molecule has 94 valence electrons. The summed E-state index contributed by atoms with van der Waals surface area (Å²) in [5.41, 5.74) is 1.27. The standard InChI is InChI=1S/C14H21NO2/c1-10(2)12-5-7-13(8-6-12)17-9-14(16)15-11(3)4/h5-8,10-11H,9H2,1-4H3,(H,15,16). The van der Waals surface area contributed by atoms with Crippen molar-refractivity contribution in [2.24, 2.45) is 0 Å². The van der Waals surface area contributed by atoms with Crippen molar-refractivity contribution in [1.29, 1.82) is 0 Å². The molecule has 0 radical (unpaired) electrons. The van der Waals surface area contributed by atoms with Gasteiger partial charge >= 0.3 is 0 Å². The Hall–Kier alpha value is -1.51. The molecule has 17 heavy (non-hydrogen) atoms. The maximum atomic E-state index is 11.4. The number of carbonyl (C=O) groups is 1. The minimum Gasteiger partial charge on any atom is -0.484 e. The van der Waals surface area contributed by atoms with E-state index in [-0.39, 0.29) is 18.6 Å². The van der Waals surface area contributed by atoms with Crippen molar-refractivity contribution >= 4 is 5.91 Å². The number of hydrogen-bond acceptors (Lipinski definition) is 2. The number of nitrogens with one attached hydrogen (secondary N) is 1. The molecule has 0 saturated carbocycles. The monoisotopic (exact) mass is 235 g/mol. The molecular formula is C14H21NO2. The summed E-state index contributed by atoms with van der Waals surface area (Å²) in [6, 6.07) is 8.01. The van der Waals surface area contributed by atoms with E-state index in [4.69, 9.17) is 4.74 Å². The first-order chi connectivity index (χ1) is 7.99. The third kappa shape index (κ3) is 4.89. The molecule has 1 rings (SSSR count). The molecule has 1 aromatic carbocycles. The third-order valence-electron chi connectivity index (χ3n) is 2.37. The maximum Gasteiger partial charge on any atom is 0.258 e. The van der Waals surface area contributed by atoms with Gasteiger partial charge in [0.1, 0.15) is 5.75 Å². The van der Waals surface area contributed by atoms with Gasteiger partial charge in [0.25, 0.3) is 5.91 Å². The molecule has 1 aromatic rings. The second-order valence-corrected chi connectivity index (χ2v) is 4.73. The average Bonchev–Trinajstić information content (AvgIpc) is 2.26. The third-order valence-corrected chi connectivity index (χ3v) is 2.37. The van der Waals surface area contributed by atoms with Crippen molar-refractivity contribution in [3.63, 3.8) is 0 Å². The largest absolute Gasteiger partial charge is 0.484 e. The lowest BCUT2D eigenvalue weighted by Gasteiger charge is -2.10. The SMILES string of the molecule is CC(C)NC(=O)COc1ccc(C(C)C)cc1. The van der Waals surface area contributed by atoms with E-state index in [1.54, 1.807) is 0 Å². The predicted octanol–water partition coefficient (Wildman–Crippen LogP) is 2.71. The van der Waals surface area contributed by atoms with Crippen molar-refractivity contribution < 1.29 is 9.53 Å². The number of rotatable bonds is 5. The zero-order chi connectivity index (χ0) is 12.8. The van der Waals surface area contributed by atoms with Gasteiger partial charge < -0.3 is 10.1 Å². The van der Waals surface area contributed by atoms with Crippen LogP contribution in [0.1, 0.15) is 39.2 Å². The van der Waals surface area contributed by atoms with Crippen molar-refractivity contribution in [1.82, 2.24) is 5.32 Å². The number of carbonyl (C=O) groups excluding carboxylic acids is 1. The van der Waals surface area contributed by atoms with Gasteiger partial charge in [0.05, 0.1) is 0 Å². The normalized spacial score (nSPS) is 10.7. The van der Waals surface area contributed by atoms with Crippen molar-refractivity contribution in [3.05, 3.63) is 29.8 Å². The summed E-state index contributed by atoms with van der Waals surface area (Å²) < 4.78 is 5.39. The molecular weight excluding hydrogens is 214 g/mol. The molecule has 1 amide bonds. The predicted molar refractivity (Wildman–Crippen MR) is 69.3 cm³/mol. The molecule has 0 saturated heterocycles.